The van der Waals surface area contributed by atoms with Crippen molar-refractivity contribution >= 4 is 15.9 Å². The molecule has 1 aromatic rings. The molecule has 1 rings (SSSR count). The molecule has 0 bridgehead atoms. The van der Waals surface area contributed by atoms with Gasteiger partial charge in [-0.05, 0) is 31.0 Å². The molecular weight excluding hydrogens is 250 g/mol. The van der Waals surface area contributed by atoms with E-state index in [1.165, 1.54) is 10.0 Å². The zero-order valence-corrected chi connectivity index (χ0v) is 10.8. The highest BCUT2D eigenvalue weighted by Gasteiger charge is 2.11. The van der Waals surface area contributed by atoms with Gasteiger partial charge in [0.15, 0.2) is 0 Å². The predicted molar refractivity (Wildman–Crippen MR) is 70.0 cm³/mol. The van der Waals surface area contributed by atoms with Gasteiger partial charge in [0.05, 0.1) is 0 Å². The second kappa shape index (κ2) is 6.81. The van der Waals surface area contributed by atoms with Gasteiger partial charge in [0, 0.05) is 10.5 Å². The van der Waals surface area contributed by atoms with Crippen LogP contribution in [0.1, 0.15) is 31.4 Å². The van der Waals surface area contributed by atoms with Crippen LogP contribution in [0.15, 0.2) is 41.4 Å². The minimum Gasteiger partial charge on any atom is -0.310 e. The van der Waals surface area contributed by atoms with Gasteiger partial charge in [-0.15, -0.1) is 6.58 Å². The van der Waals surface area contributed by atoms with Crippen molar-refractivity contribution in [2.24, 2.45) is 0 Å². The predicted octanol–water partition coefficient (Wildman–Crippen LogP) is 4.07. The molecule has 0 amide bonds. The normalized spacial score (nSPS) is 12.4. The second-order valence-electron chi connectivity index (χ2n) is 3.50. The minimum absolute atomic E-state index is 0.420. The van der Waals surface area contributed by atoms with Gasteiger partial charge in [0.25, 0.3) is 0 Å². The van der Waals surface area contributed by atoms with Gasteiger partial charge < -0.3 is 5.32 Å². The number of benzene rings is 1. The molecular formula is C13H18BrN. The van der Waals surface area contributed by atoms with Crippen LogP contribution in [0.3, 0.4) is 0 Å². The van der Waals surface area contributed by atoms with Gasteiger partial charge in [-0.3, -0.25) is 0 Å². The van der Waals surface area contributed by atoms with Gasteiger partial charge in [0.1, 0.15) is 0 Å². The fourth-order valence-electron chi connectivity index (χ4n) is 1.66. The first kappa shape index (κ1) is 12.5. The zero-order chi connectivity index (χ0) is 11.1. The molecule has 0 aliphatic rings. The lowest BCUT2D eigenvalue weighted by Gasteiger charge is -2.18. The van der Waals surface area contributed by atoms with E-state index in [9.17, 15) is 0 Å². The molecule has 0 spiro atoms. The molecule has 15 heavy (non-hydrogen) atoms. The van der Waals surface area contributed by atoms with E-state index in [1.807, 2.05) is 12.1 Å². The fraction of sp³-hybridized carbons (Fsp3) is 0.385. The van der Waals surface area contributed by atoms with E-state index < -0.39 is 0 Å². The summed E-state index contributed by atoms with van der Waals surface area (Å²) in [6.07, 6.45) is 4.11. The second-order valence-corrected chi connectivity index (χ2v) is 4.35. The van der Waals surface area contributed by atoms with Crippen LogP contribution in [-0.4, -0.2) is 6.54 Å². The third-order valence-electron chi connectivity index (χ3n) is 2.39. The largest absolute Gasteiger partial charge is 0.310 e. The number of halogens is 1. The van der Waals surface area contributed by atoms with Crippen LogP contribution < -0.4 is 5.32 Å². The highest BCUT2D eigenvalue weighted by atomic mass is 79.9. The Balaban J connectivity index is 2.78. The van der Waals surface area contributed by atoms with Crippen LogP contribution in [0.4, 0.5) is 0 Å². The third-order valence-corrected chi connectivity index (χ3v) is 3.11. The Hall–Kier alpha value is -0.600. The Bertz CT molecular complexity index is 309. The number of nitrogens with one attached hydrogen (secondary N) is 1. The van der Waals surface area contributed by atoms with E-state index in [4.69, 9.17) is 0 Å². The van der Waals surface area contributed by atoms with Crippen LogP contribution in [0.2, 0.25) is 0 Å². The van der Waals surface area contributed by atoms with Crippen molar-refractivity contribution in [2.45, 2.75) is 25.8 Å². The lowest BCUT2D eigenvalue weighted by Crippen LogP contribution is -2.21. The van der Waals surface area contributed by atoms with Gasteiger partial charge >= 0.3 is 0 Å². The number of allylic oxidation sites excluding steroid dienone is 1. The summed E-state index contributed by atoms with van der Waals surface area (Å²) in [6.45, 7) is 6.90. The first-order valence-electron chi connectivity index (χ1n) is 5.38. The van der Waals surface area contributed by atoms with Crippen molar-refractivity contribution in [2.75, 3.05) is 6.54 Å². The number of hydrogen-bond acceptors (Lipinski definition) is 1. The van der Waals surface area contributed by atoms with Crippen LogP contribution in [0.25, 0.3) is 0 Å². The van der Waals surface area contributed by atoms with E-state index in [0.717, 1.165) is 19.4 Å². The molecule has 1 unspecified atom stereocenters. The average molecular weight is 268 g/mol. The molecule has 0 aromatic heterocycles. The van der Waals surface area contributed by atoms with E-state index in [-0.39, 0.29) is 0 Å². The quantitative estimate of drug-likeness (QED) is 0.767. The van der Waals surface area contributed by atoms with E-state index in [1.54, 1.807) is 0 Å². The maximum Gasteiger partial charge on any atom is 0.0334 e. The standard InChI is InChI=1S/C13H18BrN/c1-3-5-10-13(15-4-2)11-8-6-7-9-12(11)14/h3,6-9,13,15H,1,4-5,10H2,2H3. The lowest BCUT2D eigenvalue weighted by molar-refractivity contribution is 0.518. The molecule has 0 aliphatic heterocycles. The van der Waals surface area contributed by atoms with Crippen molar-refractivity contribution in [3.05, 3.63) is 47.0 Å². The molecule has 1 atom stereocenters. The Morgan fingerprint density at radius 3 is 2.80 bits per heavy atom. The highest BCUT2D eigenvalue weighted by molar-refractivity contribution is 9.10. The Kier molecular flexibility index (Phi) is 5.66. The van der Waals surface area contributed by atoms with Crippen LogP contribution in [-0.2, 0) is 0 Å². The van der Waals surface area contributed by atoms with Crippen molar-refractivity contribution < 1.29 is 0 Å². The summed E-state index contributed by atoms with van der Waals surface area (Å²) in [5.74, 6) is 0. The van der Waals surface area contributed by atoms with E-state index in [2.05, 4.69) is 52.9 Å². The van der Waals surface area contributed by atoms with Crippen LogP contribution in [0, 0.1) is 0 Å². The summed E-state index contributed by atoms with van der Waals surface area (Å²) >= 11 is 3.59. The first-order valence-corrected chi connectivity index (χ1v) is 6.17. The molecule has 82 valence electrons. The maximum atomic E-state index is 3.77. The summed E-state index contributed by atoms with van der Waals surface area (Å²) in [5, 5.41) is 3.50. The smallest absolute Gasteiger partial charge is 0.0334 e. The van der Waals surface area contributed by atoms with E-state index in [0.29, 0.717) is 6.04 Å². The lowest BCUT2D eigenvalue weighted by atomic mass is 10.0. The summed E-state index contributed by atoms with van der Waals surface area (Å²) in [6, 6.07) is 8.81. The fourth-order valence-corrected chi connectivity index (χ4v) is 2.22. The van der Waals surface area contributed by atoms with Crippen molar-refractivity contribution in [3.8, 4) is 0 Å². The number of rotatable bonds is 6. The van der Waals surface area contributed by atoms with Gasteiger partial charge in [-0.2, -0.15) is 0 Å². The third kappa shape index (κ3) is 3.80. The topological polar surface area (TPSA) is 12.0 Å². The molecule has 0 heterocycles. The summed E-state index contributed by atoms with van der Waals surface area (Å²) in [7, 11) is 0. The van der Waals surface area contributed by atoms with Gasteiger partial charge in [-0.25, -0.2) is 0 Å². The molecule has 1 nitrogen and oxygen atoms in total. The summed E-state index contributed by atoms with van der Waals surface area (Å²) < 4.78 is 1.18. The number of hydrogen-bond donors (Lipinski definition) is 1. The van der Waals surface area contributed by atoms with Crippen molar-refractivity contribution in [1.82, 2.24) is 5.32 Å². The summed E-state index contributed by atoms with van der Waals surface area (Å²) in [4.78, 5) is 0. The van der Waals surface area contributed by atoms with Crippen LogP contribution in [0.5, 0.6) is 0 Å². The molecule has 0 saturated carbocycles. The van der Waals surface area contributed by atoms with Crippen molar-refractivity contribution in [3.63, 3.8) is 0 Å². The minimum atomic E-state index is 0.420. The van der Waals surface area contributed by atoms with Crippen molar-refractivity contribution in [1.29, 1.82) is 0 Å². The molecule has 2 heteroatoms. The molecule has 0 aliphatic carbocycles. The summed E-state index contributed by atoms with van der Waals surface area (Å²) in [5.41, 5.74) is 1.33. The maximum absolute atomic E-state index is 3.77. The highest BCUT2D eigenvalue weighted by Crippen LogP contribution is 2.26. The molecule has 0 radical (unpaired) electrons. The van der Waals surface area contributed by atoms with E-state index >= 15 is 0 Å². The monoisotopic (exact) mass is 267 g/mol. The Morgan fingerprint density at radius 1 is 1.47 bits per heavy atom. The van der Waals surface area contributed by atoms with Crippen LogP contribution >= 0.6 is 15.9 Å². The Morgan fingerprint density at radius 2 is 2.20 bits per heavy atom. The molecule has 0 fully saturated rings. The Labute approximate surface area is 101 Å². The average Bonchev–Trinajstić information content (AvgIpc) is 2.25. The SMILES string of the molecule is C=CCCC(NCC)c1ccccc1Br. The van der Waals surface area contributed by atoms with Gasteiger partial charge in [0.2, 0.25) is 0 Å². The molecule has 1 aromatic carbocycles. The molecule has 0 saturated heterocycles. The first-order chi connectivity index (χ1) is 7.29. The zero-order valence-electron chi connectivity index (χ0n) is 9.17. The molecule has 1 N–H and O–H groups in total. The van der Waals surface area contributed by atoms with Gasteiger partial charge in [-0.1, -0.05) is 47.1 Å².